The van der Waals surface area contributed by atoms with Gasteiger partial charge >= 0.3 is 0 Å². The van der Waals surface area contributed by atoms with E-state index < -0.39 is 0 Å². The highest BCUT2D eigenvalue weighted by atomic mass is 15.3. The van der Waals surface area contributed by atoms with Gasteiger partial charge in [-0.15, -0.1) is 0 Å². The third kappa shape index (κ3) is 4.49. The van der Waals surface area contributed by atoms with Crippen molar-refractivity contribution in [3.63, 3.8) is 0 Å². The first-order valence-corrected chi connectivity index (χ1v) is 11.8. The molecule has 0 atom stereocenters. The highest BCUT2D eigenvalue weighted by molar-refractivity contribution is 5.74. The molecule has 2 aliphatic rings. The molecule has 0 aliphatic carbocycles. The molecule has 0 spiro atoms. The Morgan fingerprint density at radius 3 is 2.64 bits per heavy atom. The van der Waals surface area contributed by atoms with Gasteiger partial charge in [0, 0.05) is 24.3 Å². The molecular weight excluding hydrogens is 406 g/mol. The maximum Gasteiger partial charge on any atom is 0.130 e. The zero-order valence-electron chi connectivity index (χ0n) is 19.5. The zero-order valence-corrected chi connectivity index (χ0v) is 19.5. The van der Waals surface area contributed by atoms with Crippen LogP contribution in [-0.2, 0) is 6.42 Å². The van der Waals surface area contributed by atoms with Gasteiger partial charge in [0.25, 0.3) is 0 Å². The van der Waals surface area contributed by atoms with E-state index in [1.165, 1.54) is 40.9 Å². The molecule has 1 saturated heterocycles. The van der Waals surface area contributed by atoms with Crippen LogP contribution in [0, 0.1) is 13.8 Å². The van der Waals surface area contributed by atoms with Gasteiger partial charge in [-0.25, -0.2) is 9.67 Å². The van der Waals surface area contributed by atoms with Crippen LogP contribution in [0.3, 0.4) is 0 Å². The van der Waals surface area contributed by atoms with E-state index in [2.05, 4.69) is 88.9 Å². The first kappa shape index (κ1) is 21.3. The minimum Gasteiger partial charge on any atom is -0.370 e. The van der Waals surface area contributed by atoms with Gasteiger partial charge in [0.05, 0.1) is 23.3 Å². The Hall–Kier alpha value is -3.60. The highest BCUT2D eigenvalue weighted by Crippen LogP contribution is 2.27. The number of fused-ring (bicyclic) bond motifs is 1. The van der Waals surface area contributed by atoms with E-state index in [4.69, 9.17) is 5.10 Å². The maximum atomic E-state index is 4.96. The lowest BCUT2D eigenvalue weighted by atomic mass is 10.0. The van der Waals surface area contributed by atoms with Gasteiger partial charge in [0.1, 0.15) is 11.5 Å². The molecular formula is C28H31N5. The van der Waals surface area contributed by atoms with Crippen LogP contribution < -0.4 is 10.2 Å². The second-order valence-electron chi connectivity index (χ2n) is 8.95. The van der Waals surface area contributed by atoms with Crippen LogP contribution >= 0.6 is 0 Å². The van der Waals surface area contributed by atoms with Gasteiger partial charge in [0.2, 0.25) is 0 Å². The standard InChI is InChI=1S/C28H31N5/c1-20-11-12-23(17-21(20)2)27-10-6-4-5-9-24-18-26(31-33(24)27)22(3)30-28-14-13-25(19-29-28)32-15-7-8-16-32/h4,6,10-14,17-19H,3,5,7-9,15-16H2,1-2H3,(H,29,30)/b6-4-,27-10-. The average molecular weight is 438 g/mol. The number of nitrogens with zero attached hydrogens (tertiary/aromatic N) is 4. The predicted molar refractivity (Wildman–Crippen MR) is 137 cm³/mol. The van der Waals surface area contributed by atoms with Crippen LogP contribution in [-0.4, -0.2) is 27.9 Å². The molecule has 2 aromatic heterocycles. The summed E-state index contributed by atoms with van der Waals surface area (Å²) >= 11 is 0. The van der Waals surface area contributed by atoms with Crippen molar-refractivity contribution in [2.24, 2.45) is 0 Å². The quantitative estimate of drug-likeness (QED) is 0.534. The molecule has 5 heteroatoms. The van der Waals surface area contributed by atoms with Gasteiger partial charge in [-0.05, 0) is 81.0 Å². The number of aryl methyl sites for hydroxylation is 3. The van der Waals surface area contributed by atoms with E-state index >= 15 is 0 Å². The molecule has 0 saturated carbocycles. The number of benzene rings is 1. The van der Waals surface area contributed by atoms with Gasteiger partial charge in [-0.3, -0.25) is 0 Å². The van der Waals surface area contributed by atoms with Crippen molar-refractivity contribution >= 4 is 22.9 Å². The van der Waals surface area contributed by atoms with E-state index in [-0.39, 0.29) is 0 Å². The molecule has 168 valence electrons. The molecule has 1 aromatic carbocycles. The van der Waals surface area contributed by atoms with Crippen LogP contribution in [0.25, 0.3) is 11.4 Å². The normalized spacial score (nSPS) is 18.1. The Morgan fingerprint density at radius 2 is 1.88 bits per heavy atom. The van der Waals surface area contributed by atoms with Crippen LogP contribution in [0.1, 0.15) is 47.3 Å². The Balaban J connectivity index is 1.39. The lowest BCUT2D eigenvalue weighted by Crippen LogP contribution is -2.17. The molecule has 5 rings (SSSR count). The van der Waals surface area contributed by atoms with Gasteiger partial charge in [0.15, 0.2) is 0 Å². The first-order chi connectivity index (χ1) is 16.1. The molecule has 1 N–H and O–H groups in total. The lowest BCUT2D eigenvalue weighted by Gasteiger charge is -2.17. The third-order valence-electron chi connectivity index (χ3n) is 6.58. The minimum absolute atomic E-state index is 0.753. The Morgan fingerprint density at radius 1 is 1.03 bits per heavy atom. The first-order valence-electron chi connectivity index (χ1n) is 11.8. The third-order valence-corrected chi connectivity index (χ3v) is 6.58. The maximum absolute atomic E-state index is 4.96. The Labute approximate surface area is 196 Å². The lowest BCUT2D eigenvalue weighted by molar-refractivity contribution is 0.803. The second kappa shape index (κ2) is 9.10. The van der Waals surface area contributed by atoms with E-state index in [0.29, 0.717) is 0 Å². The number of allylic oxidation sites excluding steroid dienone is 3. The van der Waals surface area contributed by atoms with E-state index in [1.807, 2.05) is 12.3 Å². The Kier molecular flexibility index (Phi) is 5.86. The molecule has 0 unspecified atom stereocenters. The number of aromatic nitrogens is 3. The fraction of sp³-hybridized carbons (Fsp3) is 0.286. The van der Waals surface area contributed by atoms with Gasteiger partial charge in [-0.2, -0.15) is 5.10 Å². The Bertz CT molecular complexity index is 1220. The summed E-state index contributed by atoms with van der Waals surface area (Å²) in [5, 5.41) is 8.31. The predicted octanol–water partition coefficient (Wildman–Crippen LogP) is 5.97. The summed E-state index contributed by atoms with van der Waals surface area (Å²) in [4.78, 5) is 7.00. The molecule has 4 heterocycles. The number of rotatable bonds is 5. The van der Waals surface area contributed by atoms with Crippen LogP contribution in [0.2, 0.25) is 0 Å². The molecule has 0 radical (unpaired) electrons. The van der Waals surface area contributed by atoms with Crippen molar-refractivity contribution in [2.75, 3.05) is 23.3 Å². The van der Waals surface area contributed by atoms with Crippen molar-refractivity contribution in [1.29, 1.82) is 0 Å². The summed E-state index contributed by atoms with van der Waals surface area (Å²) in [5.41, 5.74) is 8.78. The van der Waals surface area contributed by atoms with Crippen molar-refractivity contribution in [3.8, 4) is 0 Å². The van der Waals surface area contributed by atoms with E-state index in [1.54, 1.807) is 0 Å². The monoisotopic (exact) mass is 437 g/mol. The van der Waals surface area contributed by atoms with E-state index in [0.717, 1.165) is 48.8 Å². The molecule has 3 aromatic rings. The molecule has 5 nitrogen and oxygen atoms in total. The summed E-state index contributed by atoms with van der Waals surface area (Å²) in [6.45, 7) is 10.8. The van der Waals surface area contributed by atoms with Crippen LogP contribution in [0.5, 0.6) is 0 Å². The number of pyridine rings is 1. The highest BCUT2D eigenvalue weighted by Gasteiger charge is 2.17. The zero-order chi connectivity index (χ0) is 22.8. The molecule has 0 bridgehead atoms. The smallest absolute Gasteiger partial charge is 0.130 e. The van der Waals surface area contributed by atoms with Gasteiger partial charge in [-0.1, -0.05) is 30.9 Å². The second-order valence-corrected chi connectivity index (χ2v) is 8.95. The minimum atomic E-state index is 0.753. The summed E-state index contributed by atoms with van der Waals surface area (Å²) in [5.74, 6) is 0.787. The fourth-order valence-electron chi connectivity index (χ4n) is 4.47. The van der Waals surface area contributed by atoms with Crippen molar-refractivity contribution in [1.82, 2.24) is 14.8 Å². The van der Waals surface area contributed by atoms with Crippen LogP contribution in [0.15, 0.2) is 67.4 Å². The van der Waals surface area contributed by atoms with Crippen molar-refractivity contribution in [2.45, 2.75) is 39.5 Å². The number of nitrogens with one attached hydrogen (secondary N) is 1. The number of hydrogen-bond acceptors (Lipinski definition) is 4. The topological polar surface area (TPSA) is 46.0 Å². The SMILES string of the molecule is C=C(Nc1ccc(N2CCCC2)cn1)c1cc2n(n1)/C(c1ccc(C)c(C)c1)=C\C=C/CC2. The number of hydrogen-bond donors (Lipinski definition) is 1. The van der Waals surface area contributed by atoms with Crippen molar-refractivity contribution < 1.29 is 0 Å². The van der Waals surface area contributed by atoms with Gasteiger partial charge < -0.3 is 10.2 Å². The average Bonchev–Trinajstić information content (AvgIpc) is 3.47. The van der Waals surface area contributed by atoms with E-state index in [9.17, 15) is 0 Å². The molecule has 0 amide bonds. The molecule has 2 aliphatic heterocycles. The number of anilines is 2. The molecule has 33 heavy (non-hydrogen) atoms. The fourth-order valence-corrected chi connectivity index (χ4v) is 4.47. The summed E-state index contributed by atoms with van der Waals surface area (Å²) < 4.78 is 2.07. The summed E-state index contributed by atoms with van der Waals surface area (Å²) in [7, 11) is 0. The summed E-state index contributed by atoms with van der Waals surface area (Å²) in [6.07, 6.45) is 12.9. The van der Waals surface area contributed by atoms with Crippen molar-refractivity contribution in [3.05, 3.63) is 95.5 Å². The summed E-state index contributed by atoms with van der Waals surface area (Å²) in [6, 6.07) is 12.9. The molecule has 1 fully saturated rings. The largest absolute Gasteiger partial charge is 0.370 e. The van der Waals surface area contributed by atoms with Crippen LogP contribution in [0.4, 0.5) is 11.5 Å².